The van der Waals surface area contributed by atoms with E-state index in [0.717, 1.165) is 71.8 Å². The van der Waals surface area contributed by atoms with E-state index in [9.17, 15) is 20.0 Å². The van der Waals surface area contributed by atoms with Gasteiger partial charge in [-0.3, -0.25) is 10.1 Å². The molecule has 1 aromatic heterocycles. The normalized spacial score (nSPS) is 12.7. The molecule has 0 amide bonds. The van der Waals surface area contributed by atoms with E-state index in [4.69, 9.17) is 34.8 Å². The van der Waals surface area contributed by atoms with E-state index in [0.29, 0.717) is 26.6 Å². The number of rotatable bonds is 9. The fraction of sp³-hybridized carbons (Fsp3) is 0.0952. The number of carboxylic acid groups (broad SMARTS) is 1. The lowest BCUT2D eigenvalue weighted by Gasteiger charge is -2.18. The maximum Gasteiger partial charge on any atom is 0.338 e. The topological polar surface area (TPSA) is 165 Å². The number of carboxylic acids is 1. The van der Waals surface area contributed by atoms with Crippen LogP contribution in [0.2, 0.25) is 15.1 Å². The number of anilines is 6. The molecular formula is C42H32Cl3N9O4. The summed E-state index contributed by atoms with van der Waals surface area (Å²) in [6.45, 7) is 3.15. The van der Waals surface area contributed by atoms with Gasteiger partial charge >= 0.3 is 5.97 Å². The van der Waals surface area contributed by atoms with E-state index < -0.39 is 10.9 Å². The van der Waals surface area contributed by atoms with Crippen LogP contribution in [0, 0.1) is 10.1 Å². The number of benzene rings is 6. The van der Waals surface area contributed by atoms with Crippen molar-refractivity contribution >= 4 is 80.6 Å². The summed E-state index contributed by atoms with van der Waals surface area (Å²) in [7, 11) is 0. The number of hydrogen-bond acceptors (Lipinski definition) is 10. The van der Waals surface area contributed by atoms with Crippen LogP contribution in [-0.4, -0.2) is 36.6 Å². The Morgan fingerprint density at radius 2 is 1.31 bits per heavy atom. The predicted molar refractivity (Wildman–Crippen MR) is 227 cm³/mol. The molecule has 0 radical (unpaired) electrons. The Kier molecular flexibility index (Phi) is 10.8. The molecule has 3 heterocycles. The minimum atomic E-state index is -1.23. The molecule has 7 aromatic rings. The van der Waals surface area contributed by atoms with Gasteiger partial charge in [0.15, 0.2) is 0 Å². The Bertz CT molecular complexity index is 2660. The maximum absolute atomic E-state index is 11.5. The molecular weight excluding hydrogens is 801 g/mol. The van der Waals surface area contributed by atoms with Crippen molar-refractivity contribution in [2.24, 2.45) is 0 Å². The highest BCUT2D eigenvalue weighted by atomic mass is 35.5. The third kappa shape index (κ3) is 8.37. The number of aromatic carboxylic acids is 1. The quantitative estimate of drug-likeness (QED) is 0.0808. The fourth-order valence-electron chi connectivity index (χ4n) is 6.95. The van der Waals surface area contributed by atoms with E-state index in [1.165, 1.54) is 28.8 Å². The van der Waals surface area contributed by atoms with Gasteiger partial charge in [0.05, 0.1) is 26.2 Å². The van der Waals surface area contributed by atoms with Crippen LogP contribution in [-0.2, 0) is 26.2 Å². The van der Waals surface area contributed by atoms with Gasteiger partial charge < -0.3 is 25.5 Å². The molecule has 16 heteroatoms. The van der Waals surface area contributed by atoms with Gasteiger partial charge in [0, 0.05) is 77.3 Å². The number of nitrogens with one attached hydrogen (secondary N) is 3. The number of non-ortho nitro benzene ring substituents is 1. The summed E-state index contributed by atoms with van der Waals surface area (Å²) in [6, 6.07) is 37.3. The molecule has 290 valence electrons. The summed E-state index contributed by atoms with van der Waals surface area (Å²) in [4.78, 5) is 26.3. The zero-order chi connectivity index (χ0) is 40.3. The largest absolute Gasteiger partial charge is 0.478 e. The Balaban J connectivity index is 0.000000162. The predicted octanol–water partition coefficient (Wildman–Crippen LogP) is 10.6. The van der Waals surface area contributed by atoms with Gasteiger partial charge in [-0.2, -0.15) is 5.21 Å². The first kappa shape index (κ1) is 38.2. The zero-order valence-electron chi connectivity index (χ0n) is 30.4. The minimum Gasteiger partial charge on any atom is -0.478 e. The minimum absolute atomic E-state index is 0.150. The van der Waals surface area contributed by atoms with Crippen LogP contribution < -0.4 is 20.4 Å². The van der Waals surface area contributed by atoms with Crippen LogP contribution >= 0.6 is 34.8 Å². The van der Waals surface area contributed by atoms with Crippen molar-refractivity contribution in [1.82, 2.24) is 20.6 Å². The number of aromatic amines is 1. The molecule has 0 atom stereocenters. The summed E-state index contributed by atoms with van der Waals surface area (Å²) in [5.41, 5.74) is 10.5. The molecule has 2 aliphatic heterocycles. The summed E-state index contributed by atoms with van der Waals surface area (Å²) < 4.78 is 0. The third-order valence-electron chi connectivity index (χ3n) is 9.83. The fourth-order valence-corrected chi connectivity index (χ4v) is 7.37. The summed E-state index contributed by atoms with van der Waals surface area (Å²) >= 11 is 18.2. The summed E-state index contributed by atoms with van der Waals surface area (Å²) in [5.74, 6) is -0.675. The Morgan fingerprint density at radius 3 is 1.93 bits per heavy atom. The number of hydrogen-bond donors (Lipinski definition) is 4. The molecule has 0 aliphatic carbocycles. The number of nitro groups is 1. The van der Waals surface area contributed by atoms with Gasteiger partial charge in [-0.1, -0.05) is 59.1 Å². The standard InChI is InChI=1S/C21H16Cl2N6.C21H16ClN3O4/c22-18-8-7-16(10-19(18)23)29-11-13-5-6-15(9-14(13)12-29)24-20-4-2-1-3-17(20)21-25-27-28-26-21;22-15-2-5-17(6-3-15)24-11-13-1-4-16(9-14(13)12-24)23-20-8-7-18(25(28)29)10-19(20)21(26)27/h1-10,24H,11-12H2,(H,25,26,27,28);1-10,23H,11-12H2,(H,26,27). The van der Waals surface area contributed by atoms with Gasteiger partial charge in [-0.15, -0.1) is 10.2 Å². The highest BCUT2D eigenvalue weighted by Gasteiger charge is 2.22. The molecule has 0 saturated heterocycles. The van der Waals surface area contributed by atoms with Gasteiger partial charge in [0.25, 0.3) is 5.69 Å². The maximum atomic E-state index is 11.5. The number of halogens is 3. The first-order chi connectivity index (χ1) is 28.1. The van der Waals surface area contributed by atoms with Crippen LogP contribution in [0.3, 0.4) is 0 Å². The number of carbonyl (C=O) groups is 1. The molecule has 0 saturated carbocycles. The number of nitrogens with zero attached hydrogens (tertiary/aromatic N) is 6. The average Bonchev–Trinajstić information content (AvgIpc) is 4.00. The van der Waals surface area contributed by atoms with Crippen molar-refractivity contribution < 1.29 is 14.8 Å². The molecule has 58 heavy (non-hydrogen) atoms. The number of nitro benzene ring substituents is 1. The van der Waals surface area contributed by atoms with E-state index in [1.807, 2.05) is 84.9 Å². The first-order valence-electron chi connectivity index (χ1n) is 17.9. The second-order valence-corrected chi connectivity index (χ2v) is 14.8. The summed E-state index contributed by atoms with van der Waals surface area (Å²) in [5, 5.41) is 43.0. The number of fused-ring (bicyclic) bond motifs is 2. The van der Waals surface area contributed by atoms with Crippen molar-refractivity contribution in [2.75, 3.05) is 20.4 Å². The van der Waals surface area contributed by atoms with E-state index in [2.05, 4.69) is 59.3 Å². The zero-order valence-corrected chi connectivity index (χ0v) is 32.6. The molecule has 0 unspecified atom stereocenters. The molecule has 0 fully saturated rings. The van der Waals surface area contributed by atoms with Crippen molar-refractivity contribution in [1.29, 1.82) is 0 Å². The molecule has 0 spiro atoms. The Labute approximate surface area is 347 Å². The number of H-pyrrole nitrogens is 1. The first-order valence-corrected chi connectivity index (χ1v) is 19.0. The van der Waals surface area contributed by atoms with Gasteiger partial charge in [-0.25, -0.2) is 4.79 Å². The SMILES string of the molecule is Clc1ccc(N2Cc3ccc(Nc4ccccc4-c4nn[nH]n4)cc3C2)cc1Cl.O=C(O)c1cc([N+](=O)[O-])ccc1Nc1ccc2c(c1)CN(c1ccc(Cl)cc1)C2. The third-order valence-corrected chi connectivity index (χ3v) is 10.8. The van der Waals surface area contributed by atoms with E-state index >= 15 is 0 Å². The van der Waals surface area contributed by atoms with Crippen LogP contribution in [0.25, 0.3) is 11.4 Å². The molecule has 6 aromatic carbocycles. The highest BCUT2D eigenvalue weighted by molar-refractivity contribution is 6.42. The van der Waals surface area contributed by atoms with Crippen molar-refractivity contribution in [3.63, 3.8) is 0 Å². The molecule has 2 aliphatic rings. The monoisotopic (exact) mass is 831 g/mol. The number of para-hydroxylation sites is 1. The van der Waals surface area contributed by atoms with Crippen LogP contribution in [0.5, 0.6) is 0 Å². The Morgan fingerprint density at radius 1 is 0.690 bits per heavy atom. The van der Waals surface area contributed by atoms with Crippen molar-refractivity contribution in [3.05, 3.63) is 174 Å². The van der Waals surface area contributed by atoms with E-state index in [1.54, 1.807) is 0 Å². The van der Waals surface area contributed by atoms with Crippen molar-refractivity contribution in [3.8, 4) is 11.4 Å². The Hall–Kier alpha value is -6.67. The average molecular weight is 833 g/mol. The highest BCUT2D eigenvalue weighted by Crippen LogP contribution is 2.36. The number of tetrazole rings is 1. The molecule has 4 N–H and O–H groups in total. The van der Waals surface area contributed by atoms with Crippen LogP contribution in [0.4, 0.5) is 39.8 Å². The lowest BCUT2D eigenvalue weighted by atomic mass is 10.1. The lowest BCUT2D eigenvalue weighted by Crippen LogP contribution is -2.14. The van der Waals surface area contributed by atoms with Crippen LogP contribution in [0.1, 0.15) is 32.6 Å². The number of aromatic nitrogens is 4. The van der Waals surface area contributed by atoms with E-state index in [-0.39, 0.29) is 11.3 Å². The van der Waals surface area contributed by atoms with Gasteiger partial charge in [0.1, 0.15) is 0 Å². The van der Waals surface area contributed by atoms with Crippen LogP contribution in [0.15, 0.2) is 121 Å². The smallest absolute Gasteiger partial charge is 0.338 e. The van der Waals surface area contributed by atoms with Gasteiger partial charge in [0.2, 0.25) is 5.82 Å². The molecule has 9 rings (SSSR count). The second kappa shape index (κ2) is 16.4. The van der Waals surface area contributed by atoms with Gasteiger partial charge in [-0.05, 0) is 112 Å². The summed E-state index contributed by atoms with van der Waals surface area (Å²) in [6.07, 6.45) is 0. The molecule has 0 bridgehead atoms. The molecule has 13 nitrogen and oxygen atoms in total. The second-order valence-electron chi connectivity index (χ2n) is 13.6. The lowest BCUT2D eigenvalue weighted by molar-refractivity contribution is -0.384. The van der Waals surface area contributed by atoms with Crippen molar-refractivity contribution in [2.45, 2.75) is 26.2 Å².